The van der Waals surface area contributed by atoms with Gasteiger partial charge in [-0.3, -0.25) is 5.32 Å². The predicted molar refractivity (Wildman–Crippen MR) is 89.7 cm³/mol. The van der Waals surface area contributed by atoms with Crippen LogP contribution in [0.4, 0.5) is 10.5 Å². The highest BCUT2D eigenvalue weighted by molar-refractivity contribution is 6.33. The van der Waals surface area contributed by atoms with E-state index in [9.17, 15) is 4.79 Å². The van der Waals surface area contributed by atoms with Crippen molar-refractivity contribution in [3.05, 3.63) is 65.0 Å². The van der Waals surface area contributed by atoms with E-state index >= 15 is 0 Å². The lowest BCUT2D eigenvalue weighted by Gasteiger charge is -2.08. The van der Waals surface area contributed by atoms with Crippen molar-refractivity contribution in [3.63, 3.8) is 0 Å². The zero-order chi connectivity index (χ0) is 16.9. The minimum absolute atomic E-state index is 0.195. The Bertz CT molecular complexity index is 849. The summed E-state index contributed by atoms with van der Waals surface area (Å²) in [5.74, 6) is 0.850. The van der Waals surface area contributed by atoms with Crippen LogP contribution in [-0.4, -0.2) is 16.2 Å². The first-order valence-electron chi connectivity index (χ1n) is 7.20. The van der Waals surface area contributed by atoms with Crippen molar-refractivity contribution >= 4 is 23.4 Å². The molecule has 0 aliphatic carbocycles. The number of nitrogens with one attached hydrogen (secondary N) is 1. The number of ether oxygens (including phenoxy) is 1. The van der Waals surface area contributed by atoms with Gasteiger partial charge in [0.05, 0.1) is 5.02 Å². The maximum atomic E-state index is 11.8. The Morgan fingerprint density at radius 1 is 1.25 bits per heavy atom. The van der Waals surface area contributed by atoms with E-state index in [-0.39, 0.29) is 6.61 Å². The highest BCUT2D eigenvalue weighted by Gasteiger charge is 2.12. The van der Waals surface area contributed by atoms with Crippen molar-refractivity contribution in [2.45, 2.75) is 13.5 Å². The van der Waals surface area contributed by atoms with Crippen LogP contribution in [0.2, 0.25) is 5.02 Å². The molecular formula is C17H14ClN3O3. The predicted octanol–water partition coefficient (Wildman–Crippen LogP) is 4.45. The van der Waals surface area contributed by atoms with Crippen LogP contribution < -0.4 is 5.32 Å². The first-order valence-corrected chi connectivity index (χ1v) is 7.57. The van der Waals surface area contributed by atoms with Crippen LogP contribution in [0, 0.1) is 6.92 Å². The van der Waals surface area contributed by atoms with Gasteiger partial charge in [-0.15, -0.1) is 0 Å². The van der Waals surface area contributed by atoms with E-state index < -0.39 is 6.09 Å². The Labute approximate surface area is 143 Å². The Balaban J connectivity index is 1.63. The van der Waals surface area contributed by atoms with Crippen LogP contribution in [0.15, 0.2) is 53.1 Å². The maximum Gasteiger partial charge on any atom is 0.411 e. The highest BCUT2D eigenvalue weighted by Crippen LogP contribution is 2.28. The van der Waals surface area contributed by atoms with E-state index in [0.717, 1.165) is 5.56 Å². The molecule has 0 saturated heterocycles. The number of anilines is 1. The molecule has 0 radical (unpaired) electrons. The number of carbonyl (C=O) groups is 1. The van der Waals surface area contributed by atoms with Crippen LogP contribution in [0.25, 0.3) is 11.4 Å². The van der Waals surface area contributed by atoms with Gasteiger partial charge in [0.1, 0.15) is 6.61 Å². The van der Waals surface area contributed by atoms with Crippen LogP contribution in [-0.2, 0) is 11.3 Å². The second-order valence-electron chi connectivity index (χ2n) is 5.02. The van der Waals surface area contributed by atoms with Gasteiger partial charge in [-0.1, -0.05) is 47.1 Å². The molecule has 0 saturated carbocycles. The standard InChI is InChI=1S/C17H14ClN3O3/c1-11-19-16(21-24-11)14-8-7-13(9-15(14)18)20-17(22)23-10-12-5-3-2-4-6-12/h2-9H,10H2,1H3,(H,20,22). The molecular weight excluding hydrogens is 330 g/mol. The molecule has 3 rings (SSSR count). The van der Waals surface area contributed by atoms with Crippen LogP contribution in [0.5, 0.6) is 0 Å². The van der Waals surface area contributed by atoms with E-state index in [2.05, 4.69) is 15.5 Å². The van der Waals surface area contributed by atoms with Crippen LogP contribution >= 0.6 is 11.6 Å². The van der Waals surface area contributed by atoms with Gasteiger partial charge in [-0.2, -0.15) is 4.98 Å². The van der Waals surface area contributed by atoms with Crippen LogP contribution in [0.3, 0.4) is 0 Å². The number of rotatable bonds is 4. The third-order valence-corrected chi connectivity index (χ3v) is 3.51. The van der Waals surface area contributed by atoms with E-state index in [1.807, 2.05) is 30.3 Å². The average Bonchev–Trinajstić information content (AvgIpc) is 3.00. The fourth-order valence-electron chi connectivity index (χ4n) is 2.06. The summed E-state index contributed by atoms with van der Waals surface area (Å²) in [5.41, 5.74) is 2.05. The van der Waals surface area contributed by atoms with Crippen molar-refractivity contribution in [3.8, 4) is 11.4 Å². The molecule has 0 aliphatic rings. The first-order chi connectivity index (χ1) is 11.6. The summed E-state index contributed by atoms with van der Waals surface area (Å²) in [5, 5.41) is 6.84. The van der Waals surface area contributed by atoms with Gasteiger partial charge in [-0.25, -0.2) is 4.79 Å². The summed E-state index contributed by atoms with van der Waals surface area (Å²) in [4.78, 5) is 16.0. The second kappa shape index (κ2) is 7.14. The van der Waals surface area contributed by atoms with E-state index in [4.69, 9.17) is 20.9 Å². The Hall–Kier alpha value is -2.86. The highest BCUT2D eigenvalue weighted by atomic mass is 35.5. The monoisotopic (exact) mass is 343 g/mol. The number of aryl methyl sites for hydroxylation is 1. The van der Waals surface area contributed by atoms with E-state index in [1.165, 1.54) is 0 Å². The van der Waals surface area contributed by atoms with Gasteiger partial charge < -0.3 is 9.26 Å². The summed E-state index contributed by atoms with van der Waals surface area (Å²) in [6, 6.07) is 14.4. The quantitative estimate of drug-likeness (QED) is 0.757. The number of halogens is 1. The lowest BCUT2D eigenvalue weighted by Crippen LogP contribution is -2.13. The van der Waals surface area contributed by atoms with Crippen molar-refractivity contribution in [1.29, 1.82) is 0 Å². The summed E-state index contributed by atoms with van der Waals surface area (Å²) in [6.07, 6.45) is -0.557. The molecule has 7 heteroatoms. The first kappa shape index (κ1) is 16.0. The Kier molecular flexibility index (Phi) is 4.77. The number of aromatic nitrogens is 2. The molecule has 0 aliphatic heterocycles. The smallest absolute Gasteiger partial charge is 0.411 e. The molecule has 0 unspecified atom stereocenters. The van der Waals surface area contributed by atoms with Gasteiger partial charge in [0.25, 0.3) is 0 Å². The van der Waals surface area contributed by atoms with Gasteiger partial charge in [0, 0.05) is 18.2 Å². The molecule has 0 atom stereocenters. The molecule has 1 amide bonds. The summed E-state index contributed by atoms with van der Waals surface area (Å²) in [6.45, 7) is 1.89. The molecule has 3 aromatic rings. The average molecular weight is 344 g/mol. The minimum atomic E-state index is -0.557. The molecule has 1 heterocycles. The third-order valence-electron chi connectivity index (χ3n) is 3.20. The normalized spacial score (nSPS) is 10.4. The molecule has 0 spiro atoms. The molecule has 6 nitrogen and oxygen atoms in total. The third kappa shape index (κ3) is 3.91. The number of amides is 1. The van der Waals surface area contributed by atoms with Crippen LogP contribution in [0.1, 0.15) is 11.5 Å². The second-order valence-corrected chi connectivity index (χ2v) is 5.43. The molecule has 0 fully saturated rings. The molecule has 24 heavy (non-hydrogen) atoms. The lowest BCUT2D eigenvalue weighted by molar-refractivity contribution is 0.155. The molecule has 1 N–H and O–H groups in total. The number of nitrogens with zero attached hydrogens (tertiary/aromatic N) is 2. The Morgan fingerprint density at radius 2 is 2.04 bits per heavy atom. The Morgan fingerprint density at radius 3 is 2.71 bits per heavy atom. The number of carbonyl (C=O) groups excluding carboxylic acids is 1. The molecule has 2 aromatic carbocycles. The maximum absolute atomic E-state index is 11.8. The number of hydrogen-bond acceptors (Lipinski definition) is 5. The van der Waals surface area contributed by atoms with Gasteiger partial charge in [-0.05, 0) is 23.8 Å². The fourth-order valence-corrected chi connectivity index (χ4v) is 2.32. The SMILES string of the molecule is Cc1nc(-c2ccc(NC(=O)OCc3ccccc3)cc2Cl)no1. The van der Waals surface area contributed by atoms with Crippen molar-refractivity contribution in [2.75, 3.05) is 5.32 Å². The summed E-state index contributed by atoms with van der Waals surface area (Å²) in [7, 11) is 0. The number of benzene rings is 2. The zero-order valence-corrected chi connectivity index (χ0v) is 13.6. The number of hydrogen-bond donors (Lipinski definition) is 1. The van der Waals surface area contributed by atoms with Crippen molar-refractivity contribution in [1.82, 2.24) is 10.1 Å². The minimum Gasteiger partial charge on any atom is -0.444 e. The van der Waals surface area contributed by atoms with E-state index in [1.54, 1.807) is 25.1 Å². The topological polar surface area (TPSA) is 77.2 Å². The fraction of sp³-hybridized carbons (Fsp3) is 0.118. The van der Waals surface area contributed by atoms with Gasteiger partial charge in [0.15, 0.2) is 0 Å². The summed E-state index contributed by atoms with van der Waals surface area (Å²) >= 11 is 6.22. The van der Waals surface area contributed by atoms with Gasteiger partial charge >= 0.3 is 6.09 Å². The van der Waals surface area contributed by atoms with Gasteiger partial charge in [0.2, 0.25) is 11.7 Å². The zero-order valence-electron chi connectivity index (χ0n) is 12.8. The molecule has 1 aromatic heterocycles. The van der Waals surface area contributed by atoms with E-state index in [0.29, 0.717) is 28.0 Å². The van der Waals surface area contributed by atoms with Crippen molar-refractivity contribution < 1.29 is 14.1 Å². The largest absolute Gasteiger partial charge is 0.444 e. The van der Waals surface area contributed by atoms with Crippen molar-refractivity contribution in [2.24, 2.45) is 0 Å². The molecule has 122 valence electrons. The lowest BCUT2D eigenvalue weighted by atomic mass is 10.2. The molecule has 0 bridgehead atoms. The summed E-state index contributed by atoms with van der Waals surface area (Å²) < 4.78 is 10.1.